The zero-order valence-corrected chi connectivity index (χ0v) is 12.6. The van der Waals surface area contributed by atoms with Crippen molar-refractivity contribution >= 4 is 11.8 Å². The van der Waals surface area contributed by atoms with E-state index in [4.69, 9.17) is 0 Å². The number of nitrogens with one attached hydrogen (secondary N) is 2. The third kappa shape index (κ3) is 4.29. The maximum Gasteiger partial charge on any atom is 0.271 e. The summed E-state index contributed by atoms with van der Waals surface area (Å²) in [6, 6.07) is 1.66. The summed E-state index contributed by atoms with van der Waals surface area (Å²) < 4.78 is 0. The zero-order chi connectivity index (χ0) is 15.2. The highest BCUT2D eigenvalue weighted by molar-refractivity contribution is 5.92. The smallest absolute Gasteiger partial charge is 0.271 e. The third-order valence-corrected chi connectivity index (χ3v) is 3.67. The summed E-state index contributed by atoms with van der Waals surface area (Å²) in [6.45, 7) is 2.62. The Morgan fingerprint density at radius 1 is 1.52 bits per heavy atom. The molecule has 116 valence electrons. The fraction of sp³-hybridized carbons (Fsp3) is 0.643. The molecule has 1 aliphatic rings. The summed E-state index contributed by atoms with van der Waals surface area (Å²) in [4.78, 5) is 28.1. The van der Waals surface area contributed by atoms with Gasteiger partial charge in [-0.3, -0.25) is 14.7 Å². The lowest BCUT2D eigenvalue weighted by molar-refractivity contribution is -0.126. The quantitative estimate of drug-likeness (QED) is 0.797. The highest BCUT2D eigenvalue weighted by Crippen LogP contribution is 2.18. The maximum absolute atomic E-state index is 12.2. The molecule has 0 spiro atoms. The van der Waals surface area contributed by atoms with E-state index in [1.54, 1.807) is 17.2 Å². The SMILES string of the molecule is CN(C)CCNC(=O)[C@H]1CCCN(C(=O)c2ccn[nH]2)C1. The standard InChI is InChI=1S/C14H23N5O2/c1-18(2)9-7-15-13(20)11-4-3-8-19(10-11)14(21)12-5-6-16-17-12/h5-6,11H,3-4,7-10H2,1-2H3,(H,15,20)(H,16,17)/t11-/m0/s1. The van der Waals surface area contributed by atoms with Gasteiger partial charge in [-0.25, -0.2) is 0 Å². The number of carbonyl (C=O) groups excluding carboxylic acids is 2. The second kappa shape index (κ2) is 7.21. The molecule has 2 N–H and O–H groups in total. The van der Waals surface area contributed by atoms with Crippen LogP contribution in [-0.2, 0) is 4.79 Å². The van der Waals surface area contributed by atoms with Crippen LogP contribution in [-0.4, -0.2) is 72.1 Å². The average molecular weight is 293 g/mol. The van der Waals surface area contributed by atoms with Gasteiger partial charge in [-0.2, -0.15) is 5.10 Å². The molecule has 1 saturated heterocycles. The van der Waals surface area contributed by atoms with Crippen molar-refractivity contribution in [1.29, 1.82) is 0 Å². The number of likely N-dealkylation sites (N-methyl/N-ethyl adjacent to an activating group) is 1. The minimum absolute atomic E-state index is 0.0407. The first kappa shape index (κ1) is 15.5. The number of rotatable bonds is 5. The van der Waals surface area contributed by atoms with Crippen molar-refractivity contribution in [1.82, 2.24) is 25.3 Å². The van der Waals surface area contributed by atoms with Gasteiger partial charge in [0.05, 0.1) is 5.92 Å². The number of aromatic amines is 1. The fourth-order valence-electron chi connectivity index (χ4n) is 2.47. The Morgan fingerprint density at radius 3 is 3.00 bits per heavy atom. The monoisotopic (exact) mass is 293 g/mol. The lowest BCUT2D eigenvalue weighted by Gasteiger charge is -2.31. The molecule has 0 radical (unpaired) electrons. The second-order valence-electron chi connectivity index (χ2n) is 5.65. The van der Waals surface area contributed by atoms with Crippen molar-refractivity contribution in [2.24, 2.45) is 5.92 Å². The first-order chi connectivity index (χ1) is 10.1. The first-order valence-electron chi connectivity index (χ1n) is 7.29. The summed E-state index contributed by atoms with van der Waals surface area (Å²) in [5.41, 5.74) is 0.476. The fourth-order valence-corrected chi connectivity index (χ4v) is 2.47. The van der Waals surface area contributed by atoms with Gasteiger partial charge in [-0.1, -0.05) is 0 Å². The van der Waals surface area contributed by atoms with Crippen LogP contribution in [0.5, 0.6) is 0 Å². The normalized spacial score (nSPS) is 18.8. The summed E-state index contributed by atoms with van der Waals surface area (Å²) in [7, 11) is 3.94. The van der Waals surface area contributed by atoms with Crippen molar-refractivity contribution in [3.05, 3.63) is 18.0 Å². The summed E-state index contributed by atoms with van der Waals surface area (Å²) in [5.74, 6) is -0.162. The molecule has 0 unspecified atom stereocenters. The van der Waals surface area contributed by atoms with E-state index in [0.29, 0.717) is 25.3 Å². The molecular weight excluding hydrogens is 270 g/mol. The van der Waals surface area contributed by atoms with Gasteiger partial charge < -0.3 is 15.1 Å². The van der Waals surface area contributed by atoms with E-state index in [0.717, 1.165) is 19.4 Å². The van der Waals surface area contributed by atoms with Crippen molar-refractivity contribution < 1.29 is 9.59 Å². The Balaban J connectivity index is 1.85. The molecule has 2 heterocycles. The molecule has 1 atom stereocenters. The molecule has 2 amide bonds. The van der Waals surface area contributed by atoms with Crippen LogP contribution in [0.4, 0.5) is 0 Å². The molecule has 1 fully saturated rings. The molecular formula is C14H23N5O2. The van der Waals surface area contributed by atoms with Crippen molar-refractivity contribution in [3.8, 4) is 0 Å². The Hall–Kier alpha value is -1.89. The molecule has 2 rings (SSSR count). The number of H-pyrrole nitrogens is 1. The molecule has 1 aliphatic heterocycles. The Labute approximate surface area is 124 Å². The van der Waals surface area contributed by atoms with E-state index in [1.165, 1.54) is 0 Å². The lowest BCUT2D eigenvalue weighted by Crippen LogP contribution is -2.46. The van der Waals surface area contributed by atoms with Gasteiger partial charge in [0.25, 0.3) is 5.91 Å². The maximum atomic E-state index is 12.2. The van der Waals surface area contributed by atoms with Gasteiger partial charge in [0.1, 0.15) is 5.69 Å². The van der Waals surface area contributed by atoms with Gasteiger partial charge in [-0.05, 0) is 33.0 Å². The molecule has 0 bridgehead atoms. The zero-order valence-electron chi connectivity index (χ0n) is 12.6. The van der Waals surface area contributed by atoms with E-state index in [-0.39, 0.29) is 17.7 Å². The molecule has 21 heavy (non-hydrogen) atoms. The number of likely N-dealkylation sites (tertiary alicyclic amines) is 1. The van der Waals surface area contributed by atoms with E-state index >= 15 is 0 Å². The number of nitrogens with zero attached hydrogens (tertiary/aromatic N) is 3. The van der Waals surface area contributed by atoms with Gasteiger partial charge in [0, 0.05) is 32.4 Å². The van der Waals surface area contributed by atoms with Crippen molar-refractivity contribution in [2.45, 2.75) is 12.8 Å². The second-order valence-corrected chi connectivity index (χ2v) is 5.65. The van der Waals surface area contributed by atoms with Crippen LogP contribution in [0, 0.1) is 5.92 Å². The average Bonchev–Trinajstić information content (AvgIpc) is 3.00. The summed E-state index contributed by atoms with van der Waals surface area (Å²) >= 11 is 0. The summed E-state index contributed by atoms with van der Waals surface area (Å²) in [6.07, 6.45) is 3.24. The van der Waals surface area contributed by atoms with E-state index in [1.807, 2.05) is 19.0 Å². The molecule has 0 aromatic carbocycles. The van der Waals surface area contributed by atoms with Gasteiger partial charge in [0.15, 0.2) is 0 Å². The van der Waals surface area contributed by atoms with Gasteiger partial charge in [-0.15, -0.1) is 0 Å². The highest BCUT2D eigenvalue weighted by atomic mass is 16.2. The van der Waals surface area contributed by atoms with E-state index in [9.17, 15) is 9.59 Å². The molecule has 7 heteroatoms. The number of piperidine rings is 1. The van der Waals surface area contributed by atoms with Crippen LogP contribution in [0.2, 0.25) is 0 Å². The number of hydrogen-bond acceptors (Lipinski definition) is 4. The van der Waals surface area contributed by atoms with Crippen LogP contribution in [0.25, 0.3) is 0 Å². The molecule has 0 aliphatic carbocycles. The lowest BCUT2D eigenvalue weighted by atomic mass is 9.97. The molecule has 1 aromatic rings. The van der Waals surface area contributed by atoms with Gasteiger partial charge in [0.2, 0.25) is 5.91 Å². The topological polar surface area (TPSA) is 81.3 Å². The summed E-state index contributed by atoms with van der Waals surface area (Å²) in [5, 5.41) is 9.41. The first-order valence-corrected chi connectivity index (χ1v) is 7.29. The highest BCUT2D eigenvalue weighted by Gasteiger charge is 2.29. The Morgan fingerprint density at radius 2 is 2.33 bits per heavy atom. The van der Waals surface area contributed by atoms with E-state index < -0.39 is 0 Å². The van der Waals surface area contributed by atoms with Crippen molar-refractivity contribution in [3.63, 3.8) is 0 Å². The Bertz CT molecular complexity index is 472. The van der Waals surface area contributed by atoms with Crippen LogP contribution in [0.1, 0.15) is 23.3 Å². The van der Waals surface area contributed by atoms with E-state index in [2.05, 4.69) is 15.5 Å². The minimum atomic E-state index is -0.118. The molecule has 0 saturated carbocycles. The molecule has 1 aromatic heterocycles. The van der Waals surface area contributed by atoms with Crippen LogP contribution >= 0.6 is 0 Å². The van der Waals surface area contributed by atoms with Gasteiger partial charge >= 0.3 is 0 Å². The van der Waals surface area contributed by atoms with Crippen molar-refractivity contribution in [2.75, 3.05) is 40.3 Å². The number of hydrogen-bond donors (Lipinski definition) is 2. The number of aromatic nitrogens is 2. The Kier molecular flexibility index (Phi) is 5.32. The number of carbonyl (C=O) groups is 2. The number of amides is 2. The van der Waals surface area contributed by atoms with Crippen LogP contribution in [0.15, 0.2) is 12.3 Å². The molecule has 7 nitrogen and oxygen atoms in total. The third-order valence-electron chi connectivity index (χ3n) is 3.67. The minimum Gasteiger partial charge on any atom is -0.355 e. The van der Waals surface area contributed by atoms with Crippen LogP contribution in [0.3, 0.4) is 0 Å². The largest absolute Gasteiger partial charge is 0.355 e. The predicted molar refractivity (Wildman–Crippen MR) is 78.8 cm³/mol. The predicted octanol–water partition coefficient (Wildman–Crippen LogP) is -0.0603. The van der Waals surface area contributed by atoms with Crippen LogP contribution < -0.4 is 5.32 Å².